The molecular formula is C19H21ClN2O4S. The molecule has 0 atom stereocenters. The number of piperazine rings is 1. The van der Waals surface area contributed by atoms with Gasteiger partial charge < -0.3 is 9.47 Å². The number of halogens is 1. The van der Waals surface area contributed by atoms with Gasteiger partial charge in [0.15, 0.2) is 11.5 Å². The van der Waals surface area contributed by atoms with Gasteiger partial charge in [0.1, 0.15) is 0 Å². The molecule has 2 aliphatic heterocycles. The third-order valence-electron chi connectivity index (χ3n) is 4.96. The molecule has 6 nitrogen and oxygen atoms in total. The third-order valence-corrected chi connectivity index (χ3v) is 7.26. The van der Waals surface area contributed by atoms with E-state index in [-0.39, 0.29) is 11.7 Å². The molecule has 144 valence electrons. The molecule has 2 aromatic rings. The minimum absolute atomic E-state index is 0.252. The minimum Gasteiger partial charge on any atom is -0.454 e. The zero-order valence-corrected chi connectivity index (χ0v) is 16.6. The monoisotopic (exact) mass is 408 g/mol. The summed E-state index contributed by atoms with van der Waals surface area (Å²) in [5.74, 6) is 1.54. The van der Waals surface area contributed by atoms with Gasteiger partial charge in [0.2, 0.25) is 16.8 Å². The summed E-state index contributed by atoms with van der Waals surface area (Å²) in [6, 6.07) is 10.8. The number of sulfonamides is 1. The van der Waals surface area contributed by atoms with Crippen molar-refractivity contribution in [3.63, 3.8) is 0 Å². The number of hydrogen-bond acceptors (Lipinski definition) is 5. The first-order chi connectivity index (χ1) is 12.9. The van der Waals surface area contributed by atoms with Crippen molar-refractivity contribution in [3.05, 3.63) is 52.5 Å². The van der Waals surface area contributed by atoms with E-state index in [1.165, 1.54) is 10.4 Å². The van der Waals surface area contributed by atoms with Crippen LogP contribution in [0.1, 0.15) is 11.1 Å². The first kappa shape index (κ1) is 18.6. The number of ether oxygens (including phenoxy) is 2. The van der Waals surface area contributed by atoms with Crippen LogP contribution in [0.15, 0.2) is 41.3 Å². The summed E-state index contributed by atoms with van der Waals surface area (Å²) < 4.78 is 38.0. The molecule has 0 amide bonds. The lowest BCUT2D eigenvalue weighted by molar-refractivity contribution is 0.173. The highest BCUT2D eigenvalue weighted by Gasteiger charge is 2.29. The zero-order valence-electron chi connectivity index (χ0n) is 15.0. The molecule has 2 aliphatic rings. The van der Waals surface area contributed by atoms with Crippen molar-refractivity contribution in [1.29, 1.82) is 0 Å². The van der Waals surface area contributed by atoms with E-state index in [4.69, 9.17) is 21.1 Å². The lowest BCUT2D eigenvalue weighted by Crippen LogP contribution is -2.48. The molecular weight excluding hydrogens is 388 g/mol. The molecule has 0 N–H and O–H groups in total. The lowest BCUT2D eigenvalue weighted by atomic mass is 10.2. The summed E-state index contributed by atoms with van der Waals surface area (Å²) in [5.41, 5.74) is 1.99. The third kappa shape index (κ3) is 3.78. The van der Waals surface area contributed by atoms with Gasteiger partial charge in [0.25, 0.3) is 0 Å². The Morgan fingerprint density at radius 1 is 1.00 bits per heavy atom. The smallest absolute Gasteiger partial charge is 0.243 e. The normalized spacial score (nSPS) is 18.0. The van der Waals surface area contributed by atoms with Gasteiger partial charge in [-0.05, 0) is 42.3 Å². The minimum atomic E-state index is -3.52. The van der Waals surface area contributed by atoms with Crippen molar-refractivity contribution < 1.29 is 17.9 Å². The summed E-state index contributed by atoms with van der Waals surface area (Å²) in [6.07, 6.45) is 0. The molecule has 0 saturated carbocycles. The summed E-state index contributed by atoms with van der Waals surface area (Å²) in [4.78, 5) is 2.49. The Balaban J connectivity index is 1.40. The second kappa shape index (κ2) is 7.31. The predicted molar refractivity (Wildman–Crippen MR) is 103 cm³/mol. The van der Waals surface area contributed by atoms with Crippen LogP contribution in [0.25, 0.3) is 0 Å². The second-order valence-corrected chi connectivity index (χ2v) is 9.12. The van der Waals surface area contributed by atoms with Crippen LogP contribution in [-0.4, -0.2) is 50.6 Å². The van der Waals surface area contributed by atoms with Crippen LogP contribution in [0, 0.1) is 6.92 Å². The molecule has 27 heavy (non-hydrogen) atoms. The number of fused-ring (bicyclic) bond motifs is 1. The Hall–Kier alpha value is -1.80. The van der Waals surface area contributed by atoms with Crippen LogP contribution in [0.2, 0.25) is 5.02 Å². The number of rotatable bonds is 4. The molecule has 0 aromatic heterocycles. The predicted octanol–water partition coefficient (Wildman–Crippen LogP) is 2.88. The van der Waals surface area contributed by atoms with Gasteiger partial charge in [0, 0.05) is 37.7 Å². The molecule has 0 unspecified atom stereocenters. The highest BCUT2D eigenvalue weighted by Crippen LogP contribution is 2.33. The molecule has 0 bridgehead atoms. The lowest BCUT2D eigenvalue weighted by Gasteiger charge is -2.34. The standard InChI is InChI=1S/C19H21ClN2O4S/c1-14-2-4-16(11-17(14)20)27(23,24)22-8-6-21(7-9-22)12-15-3-5-18-19(10-15)26-13-25-18/h2-5,10-11H,6-9,12-13H2,1H3. The van der Waals surface area contributed by atoms with E-state index in [0.717, 1.165) is 29.2 Å². The van der Waals surface area contributed by atoms with Crippen LogP contribution < -0.4 is 9.47 Å². The molecule has 1 fully saturated rings. The summed E-state index contributed by atoms with van der Waals surface area (Å²) >= 11 is 6.10. The van der Waals surface area contributed by atoms with E-state index in [9.17, 15) is 8.42 Å². The number of hydrogen-bond donors (Lipinski definition) is 0. The Kier molecular flexibility index (Phi) is 5.03. The molecule has 4 rings (SSSR count). The quantitative estimate of drug-likeness (QED) is 0.778. The topological polar surface area (TPSA) is 59.1 Å². The van der Waals surface area contributed by atoms with Crippen LogP contribution in [0.5, 0.6) is 11.5 Å². The number of nitrogens with zero attached hydrogens (tertiary/aromatic N) is 2. The number of benzene rings is 2. The van der Waals surface area contributed by atoms with Gasteiger partial charge in [-0.25, -0.2) is 8.42 Å². The van der Waals surface area contributed by atoms with Crippen molar-refractivity contribution in [1.82, 2.24) is 9.21 Å². The van der Waals surface area contributed by atoms with E-state index in [2.05, 4.69) is 4.90 Å². The van der Waals surface area contributed by atoms with Crippen molar-refractivity contribution in [3.8, 4) is 11.5 Å². The van der Waals surface area contributed by atoms with Gasteiger partial charge in [0.05, 0.1) is 4.90 Å². The number of aryl methyl sites for hydroxylation is 1. The maximum Gasteiger partial charge on any atom is 0.243 e. The van der Waals surface area contributed by atoms with Crippen LogP contribution in [0.3, 0.4) is 0 Å². The van der Waals surface area contributed by atoms with E-state index in [0.29, 0.717) is 31.2 Å². The van der Waals surface area contributed by atoms with Crippen LogP contribution in [0.4, 0.5) is 0 Å². The van der Waals surface area contributed by atoms with Gasteiger partial charge in [-0.2, -0.15) is 4.31 Å². The molecule has 2 heterocycles. The SMILES string of the molecule is Cc1ccc(S(=O)(=O)N2CCN(Cc3ccc4c(c3)OCO4)CC2)cc1Cl. The van der Waals surface area contributed by atoms with Crippen molar-refractivity contribution in [2.45, 2.75) is 18.4 Å². The molecule has 2 aromatic carbocycles. The van der Waals surface area contributed by atoms with Gasteiger partial charge in [-0.1, -0.05) is 23.7 Å². The Morgan fingerprint density at radius 2 is 1.74 bits per heavy atom. The van der Waals surface area contributed by atoms with Crippen molar-refractivity contribution in [2.24, 2.45) is 0 Å². The van der Waals surface area contributed by atoms with Gasteiger partial charge in [-0.15, -0.1) is 0 Å². The highest BCUT2D eigenvalue weighted by atomic mass is 35.5. The molecule has 0 aliphatic carbocycles. The molecule has 8 heteroatoms. The molecule has 1 saturated heterocycles. The fraction of sp³-hybridized carbons (Fsp3) is 0.368. The Labute approximate surface area is 164 Å². The first-order valence-electron chi connectivity index (χ1n) is 8.81. The summed E-state index contributed by atoms with van der Waals surface area (Å²) in [5, 5.41) is 0.470. The summed E-state index contributed by atoms with van der Waals surface area (Å²) in [7, 11) is -3.52. The molecule has 0 spiro atoms. The average molecular weight is 409 g/mol. The maximum atomic E-state index is 12.9. The summed E-state index contributed by atoms with van der Waals surface area (Å²) in [6.45, 7) is 5.13. The van der Waals surface area contributed by atoms with Crippen LogP contribution in [-0.2, 0) is 16.6 Å². The molecule has 0 radical (unpaired) electrons. The second-order valence-electron chi connectivity index (χ2n) is 6.78. The largest absolute Gasteiger partial charge is 0.454 e. The Morgan fingerprint density at radius 3 is 2.48 bits per heavy atom. The first-order valence-corrected chi connectivity index (χ1v) is 10.6. The fourth-order valence-corrected chi connectivity index (χ4v) is 5.00. The van der Waals surface area contributed by atoms with E-state index >= 15 is 0 Å². The highest BCUT2D eigenvalue weighted by molar-refractivity contribution is 7.89. The van der Waals surface area contributed by atoms with E-state index < -0.39 is 10.0 Å². The van der Waals surface area contributed by atoms with E-state index in [1.807, 2.05) is 25.1 Å². The maximum absolute atomic E-state index is 12.9. The van der Waals surface area contributed by atoms with Crippen LogP contribution >= 0.6 is 11.6 Å². The van der Waals surface area contributed by atoms with Crippen molar-refractivity contribution >= 4 is 21.6 Å². The fourth-order valence-electron chi connectivity index (χ4n) is 3.31. The average Bonchev–Trinajstić information content (AvgIpc) is 3.12. The van der Waals surface area contributed by atoms with E-state index in [1.54, 1.807) is 12.1 Å². The van der Waals surface area contributed by atoms with Gasteiger partial charge in [-0.3, -0.25) is 4.90 Å². The van der Waals surface area contributed by atoms with Gasteiger partial charge >= 0.3 is 0 Å². The zero-order chi connectivity index (χ0) is 19.0. The Bertz CT molecular complexity index is 956. The van der Waals surface area contributed by atoms with Crippen molar-refractivity contribution in [2.75, 3.05) is 33.0 Å².